The van der Waals surface area contributed by atoms with Gasteiger partial charge >= 0.3 is 0 Å². The molecule has 2 aromatic heterocycles. The van der Waals surface area contributed by atoms with Crippen LogP contribution in [0, 0.1) is 5.41 Å². The molecule has 14 heteroatoms. The van der Waals surface area contributed by atoms with Crippen molar-refractivity contribution in [1.29, 1.82) is 5.41 Å². The molecule has 0 amide bonds. The van der Waals surface area contributed by atoms with E-state index < -0.39 is 19.8 Å². The Bertz CT molecular complexity index is 1420. The minimum absolute atomic E-state index is 0.0836. The summed E-state index contributed by atoms with van der Waals surface area (Å²) >= 11 is 14.8. The van der Waals surface area contributed by atoms with E-state index in [1.54, 1.807) is 24.5 Å². The Morgan fingerprint density at radius 1 is 1.23 bits per heavy atom. The monoisotopic (exact) mass is 642 g/mol. The third kappa shape index (κ3) is 5.18. The molecule has 2 heterocycles. The number of hydrogen-bond donors (Lipinski definition) is 2. The van der Waals surface area contributed by atoms with Crippen LogP contribution in [0.2, 0.25) is 5.15 Å². The van der Waals surface area contributed by atoms with E-state index in [1.165, 1.54) is 30.0 Å². The first kappa shape index (κ1) is 24.7. The van der Waals surface area contributed by atoms with Gasteiger partial charge in [-0.15, -0.1) is 23.1 Å². The highest BCUT2D eigenvalue weighted by Gasteiger charge is 2.28. The van der Waals surface area contributed by atoms with E-state index in [9.17, 15) is 12.6 Å². The fraction of sp³-hybridized carbons (Fsp3) is 0.0588. The standard InChI is InChI=1S/C17H13Br2ClN4O3S4/c1-28-17-14(7-13(29-17)16(21)22)30(25,10-4-2-3-9(18)5-10)24-31(26,27)11-6-12(19)15(20)23-8-11/h2-8H,1H3,(H3,21,22). The number of thioether (sulfide) groups is 1. The predicted octanol–water partition coefficient (Wildman–Crippen LogP) is 5.60. The molecule has 7 nitrogen and oxygen atoms in total. The number of nitrogens with two attached hydrogens (primary N) is 1. The van der Waals surface area contributed by atoms with Gasteiger partial charge in [0.05, 0.1) is 23.4 Å². The third-order valence-electron chi connectivity index (χ3n) is 3.80. The molecule has 0 saturated heterocycles. The zero-order valence-electron chi connectivity index (χ0n) is 15.5. The maximum atomic E-state index is 14.4. The fourth-order valence-corrected chi connectivity index (χ4v) is 10.1. The number of thiophene rings is 1. The van der Waals surface area contributed by atoms with Crippen molar-refractivity contribution in [2.24, 2.45) is 9.50 Å². The second kappa shape index (κ2) is 9.49. The average Bonchev–Trinajstić information content (AvgIpc) is 3.15. The molecule has 31 heavy (non-hydrogen) atoms. The van der Waals surface area contributed by atoms with Gasteiger partial charge in [0.1, 0.15) is 25.6 Å². The molecule has 3 aromatic rings. The molecule has 0 bridgehead atoms. The molecule has 1 atom stereocenters. The van der Waals surface area contributed by atoms with E-state index in [0.717, 1.165) is 17.5 Å². The summed E-state index contributed by atoms with van der Waals surface area (Å²) in [5.74, 6) is -0.212. The Morgan fingerprint density at radius 2 is 1.94 bits per heavy atom. The highest BCUT2D eigenvalue weighted by atomic mass is 79.9. The summed E-state index contributed by atoms with van der Waals surface area (Å²) in [5.41, 5.74) is 5.62. The zero-order valence-corrected chi connectivity index (χ0v) is 22.7. The molecule has 1 aromatic carbocycles. The molecule has 0 aliphatic carbocycles. The highest BCUT2D eigenvalue weighted by Crippen LogP contribution is 2.39. The molecule has 1 unspecified atom stereocenters. The van der Waals surface area contributed by atoms with Gasteiger partial charge in [0.2, 0.25) is 0 Å². The third-order valence-corrected chi connectivity index (χ3v) is 12.2. The number of halogens is 3. The van der Waals surface area contributed by atoms with Crippen LogP contribution in [-0.2, 0) is 19.8 Å². The lowest BCUT2D eigenvalue weighted by atomic mass is 10.4. The number of rotatable bonds is 6. The molecular weight excluding hydrogens is 632 g/mol. The summed E-state index contributed by atoms with van der Waals surface area (Å²) in [6, 6.07) is 9.15. The summed E-state index contributed by atoms with van der Waals surface area (Å²) < 4.78 is 46.0. The molecule has 3 N–H and O–H groups in total. The van der Waals surface area contributed by atoms with Gasteiger partial charge < -0.3 is 5.73 Å². The molecular formula is C17H13Br2ClN4O3S4. The second-order valence-electron chi connectivity index (χ2n) is 5.86. The van der Waals surface area contributed by atoms with Crippen molar-refractivity contribution in [3.63, 3.8) is 0 Å². The van der Waals surface area contributed by atoms with Crippen LogP contribution in [0.15, 0.2) is 74.2 Å². The minimum atomic E-state index is -4.41. The van der Waals surface area contributed by atoms with Crippen molar-refractivity contribution in [1.82, 2.24) is 4.98 Å². The Morgan fingerprint density at radius 3 is 2.52 bits per heavy atom. The number of nitrogens with zero attached hydrogens (tertiary/aromatic N) is 2. The molecule has 0 fully saturated rings. The lowest BCUT2D eigenvalue weighted by Gasteiger charge is -2.12. The number of amidine groups is 1. The van der Waals surface area contributed by atoms with E-state index in [4.69, 9.17) is 22.7 Å². The van der Waals surface area contributed by atoms with Crippen molar-refractivity contribution < 1.29 is 12.6 Å². The first-order chi connectivity index (χ1) is 14.5. The molecule has 164 valence electrons. The lowest BCUT2D eigenvalue weighted by Crippen LogP contribution is -2.10. The van der Waals surface area contributed by atoms with Gasteiger partial charge in [-0.25, -0.2) is 9.19 Å². The van der Waals surface area contributed by atoms with Gasteiger partial charge in [-0.3, -0.25) is 5.41 Å². The van der Waals surface area contributed by atoms with Gasteiger partial charge in [0.15, 0.2) is 0 Å². The number of benzene rings is 1. The van der Waals surface area contributed by atoms with Crippen LogP contribution in [0.1, 0.15) is 4.88 Å². The smallest absolute Gasteiger partial charge is 0.292 e. The average molecular weight is 645 g/mol. The fourth-order valence-electron chi connectivity index (χ4n) is 2.40. The Kier molecular flexibility index (Phi) is 7.56. The number of aromatic nitrogens is 1. The number of pyridine rings is 1. The first-order valence-electron chi connectivity index (χ1n) is 8.10. The van der Waals surface area contributed by atoms with E-state index in [0.29, 0.717) is 13.6 Å². The van der Waals surface area contributed by atoms with Gasteiger partial charge in [-0.1, -0.05) is 37.4 Å². The maximum absolute atomic E-state index is 14.4. The Hall–Kier alpha value is -0.960. The molecule has 0 aliphatic heterocycles. The largest absolute Gasteiger partial charge is 0.383 e. The van der Waals surface area contributed by atoms with Crippen LogP contribution in [0.25, 0.3) is 0 Å². The van der Waals surface area contributed by atoms with E-state index in [1.807, 2.05) is 0 Å². The number of hydrogen-bond acceptors (Lipinski definition) is 7. The van der Waals surface area contributed by atoms with Crippen molar-refractivity contribution in [3.8, 4) is 0 Å². The molecule has 3 rings (SSSR count). The van der Waals surface area contributed by atoms with Crippen LogP contribution in [0.3, 0.4) is 0 Å². The van der Waals surface area contributed by atoms with Crippen molar-refractivity contribution in [2.45, 2.75) is 18.9 Å². The summed E-state index contributed by atoms with van der Waals surface area (Å²) in [4.78, 5) is 4.30. The summed E-state index contributed by atoms with van der Waals surface area (Å²) in [6.45, 7) is 0. The van der Waals surface area contributed by atoms with Crippen LogP contribution in [0.5, 0.6) is 0 Å². The SMILES string of the molecule is CSc1sc(C(=N)N)cc1S(=O)(=NS(=O)(=O)c1cnc(Cl)c(Br)c1)c1cccc(Br)c1. The molecule has 0 radical (unpaired) electrons. The van der Waals surface area contributed by atoms with Gasteiger partial charge in [-0.2, -0.15) is 8.42 Å². The summed E-state index contributed by atoms with van der Waals surface area (Å²) in [6.07, 6.45) is 2.81. The van der Waals surface area contributed by atoms with Crippen LogP contribution >= 0.6 is 66.6 Å². The quantitative estimate of drug-likeness (QED) is 0.156. The van der Waals surface area contributed by atoms with Gasteiger partial charge in [0.25, 0.3) is 10.0 Å². The van der Waals surface area contributed by atoms with Crippen molar-refractivity contribution in [2.75, 3.05) is 6.26 Å². The van der Waals surface area contributed by atoms with Crippen molar-refractivity contribution >= 4 is 92.1 Å². The van der Waals surface area contributed by atoms with E-state index in [-0.39, 0.29) is 30.1 Å². The topological polar surface area (TPSA) is 126 Å². The van der Waals surface area contributed by atoms with Gasteiger partial charge in [0, 0.05) is 10.7 Å². The summed E-state index contributed by atoms with van der Waals surface area (Å²) in [5, 5.41) is 7.81. The second-order valence-corrected chi connectivity index (χ2v) is 14.1. The van der Waals surface area contributed by atoms with E-state index >= 15 is 0 Å². The van der Waals surface area contributed by atoms with Crippen LogP contribution < -0.4 is 5.73 Å². The number of nitrogens with one attached hydrogen (secondary N) is 1. The first-order valence-corrected chi connectivity index (χ1v) is 15.1. The molecule has 0 spiro atoms. The highest BCUT2D eigenvalue weighted by molar-refractivity contribution is 9.10. The van der Waals surface area contributed by atoms with Gasteiger partial charge in [-0.05, 0) is 52.5 Å². The maximum Gasteiger partial charge on any atom is 0.292 e. The zero-order chi connectivity index (χ0) is 23.0. The van der Waals surface area contributed by atoms with Crippen LogP contribution in [0.4, 0.5) is 0 Å². The van der Waals surface area contributed by atoms with E-state index in [2.05, 4.69) is 40.6 Å². The number of sulfonamides is 1. The predicted molar refractivity (Wildman–Crippen MR) is 132 cm³/mol. The number of nitrogen functional groups attached to an aromatic ring is 1. The molecule has 0 aliphatic rings. The summed E-state index contributed by atoms with van der Waals surface area (Å²) in [7, 11) is -8.09. The van der Waals surface area contributed by atoms with Crippen molar-refractivity contribution in [3.05, 3.63) is 61.6 Å². The normalized spacial score (nSPS) is 13.5. The van der Waals surface area contributed by atoms with Crippen LogP contribution in [-0.4, -0.2) is 29.7 Å². The minimum Gasteiger partial charge on any atom is -0.383 e. The lowest BCUT2D eigenvalue weighted by molar-refractivity contribution is 0.597. The molecule has 0 saturated carbocycles. The Balaban J connectivity index is 2.39. The Labute approximate surface area is 209 Å².